The van der Waals surface area contributed by atoms with Gasteiger partial charge >= 0.3 is 5.97 Å². The van der Waals surface area contributed by atoms with E-state index >= 15 is 0 Å². The minimum atomic E-state index is -0.430. The van der Waals surface area contributed by atoms with Crippen LogP contribution in [0.5, 0.6) is 11.5 Å². The Bertz CT molecular complexity index is 656. The van der Waals surface area contributed by atoms with E-state index < -0.39 is 5.97 Å². The van der Waals surface area contributed by atoms with Gasteiger partial charge in [-0.15, -0.1) is 0 Å². The smallest absolute Gasteiger partial charge is 0.308 e. The molecule has 0 radical (unpaired) electrons. The first kappa shape index (κ1) is 14.5. The minimum absolute atomic E-state index is 0.331. The Kier molecular flexibility index (Phi) is 4.39. The van der Waals surface area contributed by atoms with Crippen LogP contribution >= 0.6 is 15.9 Å². The zero-order chi connectivity index (χ0) is 14.7. The molecule has 0 saturated heterocycles. The molecule has 0 aliphatic carbocycles. The Hall–Kier alpha value is -1.88. The fourth-order valence-corrected chi connectivity index (χ4v) is 2.15. The van der Waals surface area contributed by atoms with Crippen molar-refractivity contribution in [2.24, 2.45) is 0 Å². The third kappa shape index (κ3) is 3.17. The van der Waals surface area contributed by atoms with Gasteiger partial charge in [-0.2, -0.15) is 0 Å². The van der Waals surface area contributed by atoms with E-state index in [2.05, 4.69) is 15.9 Å². The van der Waals surface area contributed by atoms with Gasteiger partial charge in [-0.05, 0) is 51.3 Å². The molecular formula is C15H12BrFO3. The van der Waals surface area contributed by atoms with Gasteiger partial charge in [-0.25, -0.2) is 4.39 Å². The fraction of sp³-hybridized carbons (Fsp3) is 0.133. The second-order valence-corrected chi connectivity index (χ2v) is 4.94. The van der Waals surface area contributed by atoms with Crippen LogP contribution in [0.1, 0.15) is 6.92 Å². The van der Waals surface area contributed by atoms with Crippen molar-refractivity contribution < 1.29 is 18.7 Å². The SMILES string of the molecule is COc1ccc(-c2ccc(F)c(Br)c2)cc1OC(C)=O. The van der Waals surface area contributed by atoms with E-state index in [0.717, 1.165) is 11.1 Å². The number of halogens is 2. The van der Waals surface area contributed by atoms with E-state index in [-0.39, 0.29) is 5.82 Å². The highest BCUT2D eigenvalue weighted by Gasteiger charge is 2.10. The molecule has 0 heterocycles. The van der Waals surface area contributed by atoms with Crippen molar-refractivity contribution in [3.05, 3.63) is 46.7 Å². The predicted molar refractivity (Wildman–Crippen MR) is 77.4 cm³/mol. The van der Waals surface area contributed by atoms with E-state index in [9.17, 15) is 9.18 Å². The number of hydrogen-bond donors (Lipinski definition) is 0. The van der Waals surface area contributed by atoms with Crippen LogP contribution < -0.4 is 9.47 Å². The van der Waals surface area contributed by atoms with Crippen LogP contribution in [0.3, 0.4) is 0 Å². The molecule has 104 valence electrons. The zero-order valence-electron chi connectivity index (χ0n) is 10.9. The van der Waals surface area contributed by atoms with Crippen LogP contribution in [-0.4, -0.2) is 13.1 Å². The molecule has 2 rings (SSSR count). The van der Waals surface area contributed by atoms with Crippen molar-refractivity contribution in [1.82, 2.24) is 0 Å². The molecule has 0 spiro atoms. The average Bonchev–Trinajstić information content (AvgIpc) is 2.41. The summed E-state index contributed by atoms with van der Waals surface area (Å²) in [5, 5.41) is 0. The number of carbonyl (C=O) groups is 1. The highest BCUT2D eigenvalue weighted by Crippen LogP contribution is 2.33. The minimum Gasteiger partial charge on any atom is -0.493 e. The first-order chi connectivity index (χ1) is 9.51. The van der Waals surface area contributed by atoms with E-state index in [0.29, 0.717) is 16.0 Å². The lowest BCUT2D eigenvalue weighted by Gasteiger charge is -2.10. The van der Waals surface area contributed by atoms with E-state index in [1.807, 2.05) is 6.07 Å². The normalized spacial score (nSPS) is 10.2. The molecule has 0 unspecified atom stereocenters. The first-order valence-corrected chi connectivity index (χ1v) is 6.62. The standard InChI is InChI=1S/C15H12BrFO3/c1-9(18)20-15-8-11(4-6-14(15)19-2)10-3-5-13(17)12(16)7-10/h3-8H,1-2H3. The van der Waals surface area contributed by atoms with Gasteiger partial charge in [0.25, 0.3) is 0 Å². The topological polar surface area (TPSA) is 35.5 Å². The summed E-state index contributed by atoms with van der Waals surface area (Å²) in [6.07, 6.45) is 0. The lowest BCUT2D eigenvalue weighted by Crippen LogP contribution is -2.03. The van der Waals surface area contributed by atoms with Gasteiger partial charge in [0.2, 0.25) is 0 Å². The molecule has 20 heavy (non-hydrogen) atoms. The summed E-state index contributed by atoms with van der Waals surface area (Å²) >= 11 is 3.15. The summed E-state index contributed by atoms with van der Waals surface area (Å²) in [6, 6.07) is 9.87. The molecule has 0 aromatic heterocycles. The number of rotatable bonds is 3. The molecule has 0 bridgehead atoms. The maximum atomic E-state index is 13.2. The maximum Gasteiger partial charge on any atom is 0.308 e. The fourth-order valence-electron chi connectivity index (χ4n) is 1.77. The van der Waals surface area contributed by atoms with Crippen LogP contribution in [0.4, 0.5) is 4.39 Å². The Morgan fingerprint density at radius 3 is 2.35 bits per heavy atom. The Morgan fingerprint density at radius 2 is 1.75 bits per heavy atom. The number of esters is 1. The average molecular weight is 339 g/mol. The predicted octanol–water partition coefficient (Wildman–Crippen LogP) is 4.19. The highest BCUT2D eigenvalue weighted by molar-refractivity contribution is 9.10. The van der Waals surface area contributed by atoms with Gasteiger partial charge < -0.3 is 9.47 Å². The van der Waals surface area contributed by atoms with Crippen LogP contribution in [0, 0.1) is 5.82 Å². The van der Waals surface area contributed by atoms with Crippen molar-refractivity contribution in [2.75, 3.05) is 7.11 Å². The largest absolute Gasteiger partial charge is 0.493 e. The summed E-state index contributed by atoms with van der Waals surface area (Å²) in [4.78, 5) is 11.1. The summed E-state index contributed by atoms with van der Waals surface area (Å²) < 4.78 is 23.9. The van der Waals surface area contributed by atoms with Gasteiger partial charge in [0.1, 0.15) is 5.82 Å². The number of benzene rings is 2. The monoisotopic (exact) mass is 338 g/mol. The van der Waals surface area contributed by atoms with Gasteiger partial charge in [0.05, 0.1) is 11.6 Å². The van der Waals surface area contributed by atoms with Crippen LogP contribution in [-0.2, 0) is 4.79 Å². The van der Waals surface area contributed by atoms with Crippen LogP contribution in [0.15, 0.2) is 40.9 Å². The number of ether oxygens (including phenoxy) is 2. The van der Waals surface area contributed by atoms with Crippen molar-refractivity contribution in [1.29, 1.82) is 0 Å². The molecule has 0 saturated carbocycles. The van der Waals surface area contributed by atoms with Gasteiger partial charge in [0, 0.05) is 6.92 Å². The molecule has 0 amide bonds. The van der Waals surface area contributed by atoms with Crippen LogP contribution in [0.25, 0.3) is 11.1 Å². The molecule has 0 N–H and O–H groups in total. The molecule has 3 nitrogen and oxygen atoms in total. The summed E-state index contributed by atoms with van der Waals surface area (Å²) in [7, 11) is 1.50. The second-order valence-electron chi connectivity index (χ2n) is 4.09. The van der Waals surface area contributed by atoms with Crippen LogP contribution in [0.2, 0.25) is 0 Å². The number of methoxy groups -OCH3 is 1. The lowest BCUT2D eigenvalue weighted by atomic mass is 10.1. The first-order valence-electron chi connectivity index (χ1n) is 5.83. The van der Waals surface area contributed by atoms with Gasteiger partial charge in [-0.1, -0.05) is 12.1 Å². The maximum absolute atomic E-state index is 13.2. The third-order valence-electron chi connectivity index (χ3n) is 2.67. The molecule has 2 aromatic rings. The van der Waals surface area contributed by atoms with Crippen molar-refractivity contribution in [2.45, 2.75) is 6.92 Å². The molecule has 0 aliphatic rings. The Labute approximate surface area is 124 Å². The molecule has 2 aromatic carbocycles. The summed E-state index contributed by atoms with van der Waals surface area (Å²) in [5.74, 6) is 0.0336. The molecule has 0 fully saturated rings. The summed E-state index contributed by atoms with van der Waals surface area (Å²) in [6.45, 7) is 1.32. The molecule has 0 atom stereocenters. The second kappa shape index (κ2) is 6.05. The number of hydrogen-bond acceptors (Lipinski definition) is 3. The summed E-state index contributed by atoms with van der Waals surface area (Å²) in [5.41, 5.74) is 1.59. The highest BCUT2D eigenvalue weighted by atomic mass is 79.9. The van der Waals surface area contributed by atoms with E-state index in [1.165, 1.54) is 20.1 Å². The third-order valence-corrected chi connectivity index (χ3v) is 3.28. The lowest BCUT2D eigenvalue weighted by molar-refractivity contribution is -0.132. The van der Waals surface area contributed by atoms with Crippen molar-refractivity contribution >= 4 is 21.9 Å². The van der Waals surface area contributed by atoms with Crippen molar-refractivity contribution in [3.63, 3.8) is 0 Å². The molecule has 5 heteroatoms. The molecule has 0 aliphatic heterocycles. The Morgan fingerprint density at radius 1 is 1.10 bits per heavy atom. The van der Waals surface area contributed by atoms with Gasteiger partial charge in [0.15, 0.2) is 11.5 Å². The van der Waals surface area contributed by atoms with E-state index in [1.54, 1.807) is 24.3 Å². The quantitative estimate of drug-likeness (QED) is 0.621. The van der Waals surface area contributed by atoms with E-state index in [4.69, 9.17) is 9.47 Å². The molecular weight excluding hydrogens is 327 g/mol. The zero-order valence-corrected chi connectivity index (χ0v) is 12.5. The Balaban J connectivity index is 2.46. The van der Waals surface area contributed by atoms with Crippen molar-refractivity contribution in [3.8, 4) is 22.6 Å². The van der Waals surface area contributed by atoms with Gasteiger partial charge in [-0.3, -0.25) is 4.79 Å². The number of carbonyl (C=O) groups excluding carboxylic acids is 1.